The number of hydrogen-bond acceptors (Lipinski definition) is 4. The summed E-state index contributed by atoms with van der Waals surface area (Å²) in [6, 6.07) is 2.45. The predicted molar refractivity (Wildman–Crippen MR) is 75.2 cm³/mol. The number of carbonyl (C=O) groups is 1. The number of hydrogen-bond donors (Lipinski definition) is 3. The zero-order chi connectivity index (χ0) is 14.9. The molecule has 7 nitrogen and oxygen atoms in total. The van der Waals surface area contributed by atoms with Gasteiger partial charge in [0.05, 0.1) is 10.5 Å². The lowest BCUT2D eigenvalue weighted by molar-refractivity contribution is 0.0695. The second-order valence-electron chi connectivity index (χ2n) is 3.93. The Labute approximate surface area is 123 Å². The molecular weight excluding hydrogens is 350 g/mol. The lowest BCUT2D eigenvalue weighted by atomic mass is 10.1. The molecule has 0 aliphatic rings. The molecular formula is C11H10BrN3O4S. The summed E-state index contributed by atoms with van der Waals surface area (Å²) in [7, 11) is -3.92. The number of aromatic carboxylic acids is 1. The van der Waals surface area contributed by atoms with Gasteiger partial charge in [0.25, 0.3) is 10.0 Å². The average molecular weight is 360 g/mol. The van der Waals surface area contributed by atoms with Crippen LogP contribution >= 0.6 is 15.9 Å². The molecule has 0 radical (unpaired) electrons. The molecule has 0 unspecified atom stereocenters. The molecule has 0 saturated carbocycles. The van der Waals surface area contributed by atoms with Gasteiger partial charge >= 0.3 is 5.97 Å². The smallest absolute Gasteiger partial charge is 0.336 e. The van der Waals surface area contributed by atoms with Crippen LogP contribution in [0.3, 0.4) is 0 Å². The van der Waals surface area contributed by atoms with Gasteiger partial charge in [-0.1, -0.05) is 15.9 Å². The summed E-state index contributed by atoms with van der Waals surface area (Å²) < 4.78 is 26.9. The second kappa shape index (κ2) is 5.25. The van der Waals surface area contributed by atoms with Crippen molar-refractivity contribution in [3.8, 4) is 0 Å². The number of anilines is 1. The Bertz CT molecular complexity index is 756. The van der Waals surface area contributed by atoms with Crippen molar-refractivity contribution >= 4 is 37.9 Å². The van der Waals surface area contributed by atoms with E-state index in [1.807, 2.05) is 0 Å². The zero-order valence-corrected chi connectivity index (χ0v) is 12.6. The molecule has 0 aliphatic heterocycles. The van der Waals surface area contributed by atoms with Crippen molar-refractivity contribution in [3.05, 3.63) is 40.1 Å². The van der Waals surface area contributed by atoms with Crippen molar-refractivity contribution in [1.82, 2.24) is 9.97 Å². The fourth-order valence-corrected chi connectivity index (χ4v) is 3.18. The minimum atomic E-state index is -3.92. The van der Waals surface area contributed by atoms with Gasteiger partial charge < -0.3 is 10.1 Å². The Kier molecular flexibility index (Phi) is 3.82. The number of carboxylic acids is 1. The van der Waals surface area contributed by atoms with Crippen LogP contribution in [-0.4, -0.2) is 29.5 Å². The van der Waals surface area contributed by atoms with Gasteiger partial charge in [-0.05, 0) is 24.6 Å². The first-order chi connectivity index (χ1) is 9.31. The number of rotatable bonds is 4. The van der Waals surface area contributed by atoms with E-state index in [1.54, 1.807) is 6.92 Å². The minimum Gasteiger partial charge on any atom is -0.478 e. The van der Waals surface area contributed by atoms with Crippen LogP contribution in [0, 0.1) is 6.92 Å². The lowest BCUT2D eigenvalue weighted by Crippen LogP contribution is -2.15. The Morgan fingerprint density at radius 1 is 1.45 bits per heavy atom. The van der Waals surface area contributed by atoms with Crippen LogP contribution in [-0.2, 0) is 10.0 Å². The normalized spacial score (nSPS) is 11.3. The molecule has 0 bridgehead atoms. The maximum absolute atomic E-state index is 12.2. The van der Waals surface area contributed by atoms with Gasteiger partial charge in [-0.2, -0.15) is 0 Å². The summed E-state index contributed by atoms with van der Waals surface area (Å²) in [5.41, 5.74) is 0.369. The number of nitrogens with zero attached hydrogens (tertiary/aromatic N) is 1. The topological polar surface area (TPSA) is 112 Å². The SMILES string of the molecule is Cc1c(Br)cc(S(=O)(=O)Nc2ncc[nH]2)cc1C(=O)O. The first kappa shape index (κ1) is 14.5. The van der Waals surface area contributed by atoms with Crippen molar-refractivity contribution in [3.63, 3.8) is 0 Å². The van der Waals surface area contributed by atoms with Crippen LogP contribution in [0.5, 0.6) is 0 Å². The summed E-state index contributed by atoms with van der Waals surface area (Å²) >= 11 is 3.16. The molecule has 2 rings (SSSR count). The fourth-order valence-electron chi connectivity index (χ4n) is 1.54. The van der Waals surface area contributed by atoms with E-state index in [4.69, 9.17) is 5.11 Å². The highest BCUT2D eigenvalue weighted by Crippen LogP contribution is 2.25. The number of sulfonamides is 1. The maximum Gasteiger partial charge on any atom is 0.336 e. The molecule has 1 aromatic heterocycles. The first-order valence-electron chi connectivity index (χ1n) is 5.37. The van der Waals surface area contributed by atoms with Gasteiger partial charge in [0.1, 0.15) is 0 Å². The minimum absolute atomic E-state index is 0.0542. The first-order valence-corrected chi connectivity index (χ1v) is 7.64. The zero-order valence-electron chi connectivity index (χ0n) is 10.2. The van der Waals surface area contributed by atoms with Crippen molar-refractivity contribution < 1.29 is 18.3 Å². The molecule has 0 fully saturated rings. The molecule has 1 heterocycles. The number of aromatic nitrogens is 2. The molecule has 0 spiro atoms. The number of aromatic amines is 1. The second-order valence-corrected chi connectivity index (χ2v) is 6.46. The van der Waals surface area contributed by atoms with E-state index in [-0.39, 0.29) is 16.4 Å². The Morgan fingerprint density at radius 2 is 2.15 bits per heavy atom. The van der Waals surface area contributed by atoms with Crippen molar-refractivity contribution in [2.45, 2.75) is 11.8 Å². The Balaban J connectivity index is 2.49. The highest BCUT2D eigenvalue weighted by atomic mass is 79.9. The van der Waals surface area contributed by atoms with E-state index in [9.17, 15) is 13.2 Å². The van der Waals surface area contributed by atoms with E-state index >= 15 is 0 Å². The number of H-pyrrole nitrogens is 1. The van der Waals surface area contributed by atoms with Gasteiger partial charge in [-0.25, -0.2) is 22.9 Å². The molecule has 0 saturated heterocycles. The monoisotopic (exact) mass is 359 g/mol. The van der Waals surface area contributed by atoms with E-state index in [0.717, 1.165) is 6.07 Å². The number of imidazole rings is 1. The molecule has 0 aliphatic carbocycles. The van der Waals surface area contributed by atoms with E-state index in [1.165, 1.54) is 18.5 Å². The van der Waals surface area contributed by atoms with Crippen molar-refractivity contribution in [2.24, 2.45) is 0 Å². The summed E-state index contributed by atoms with van der Waals surface area (Å²) in [4.78, 5) is 17.3. The molecule has 0 atom stereocenters. The third-order valence-electron chi connectivity index (χ3n) is 2.59. The van der Waals surface area contributed by atoms with Crippen LogP contribution in [0.15, 0.2) is 33.9 Å². The number of benzene rings is 1. The van der Waals surface area contributed by atoms with Crippen LogP contribution in [0.25, 0.3) is 0 Å². The molecule has 1 aromatic carbocycles. The van der Waals surface area contributed by atoms with Gasteiger partial charge in [-0.15, -0.1) is 0 Å². The average Bonchev–Trinajstić information content (AvgIpc) is 2.83. The predicted octanol–water partition coefficient (Wildman–Crippen LogP) is 1.98. The fraction of sp³-hybridized carbons (Fsp3) is 0.0909. The van der Waals surface area contributed by atoms with Crippen LogP contribution in [0.4, 0.5) is 5.95 Å². The molecule has 106 valence electrons. The number of carboxylic acid groups (broad SMARTS) is 1. The molecule has 20 heavy (non-hydrogen) atoms. The summed E-state index contributed by atoms with van der Waals surface area (Å²) in [6.45, 7) is 1.59. The standard InChI is InChI=1S/C11H10BrN3O4S/c1-6-8(10(16)17)4-7(5-9(6)12)20(18,19)15-11-13-2-3-14-11/h2-5H,1H3,(H,16,17)(H2,13,14,15). The summed E-state index contributed by atoms with van der Waals surface area (Å²) in [6.07, 6.45) is 2.86. The van der Waals surface area contributed by atoms with Crippen molar-refractivity contribution in [2.75, 3.05) is 4.72 Å². The van der Waals surface area contributed by atoms with Crippen LogP contribution < -0.4 is 4.72 Å². The quantitative estimate of drug-likeness (QED) is 0.772. The molecule has 3 N–H and O–H groups in total. The Hall–Kier alpha value is -1.87. The Morgan fingerprint density at radius 3 is 2.70 bits per heavy atom. The van der Waals surface area contributed by atoms with Gasteiger partial charge in [0.15, 0.2) is 0 Å². The largest absolute Gasteiger partial charge is 0.478 e. The van der Waals surface area contributed by atoms with Crippen LogP contribution in [0.2, 0.25) is 0 Å². The van der Waals surface area contributed by atoms with Gasteiger partial charge in [0, 0.05) is 16.9 Å². The van der Waals surface area contributed by atoms with E-state index < -0.39 is 16.0 Å². The lowest BCUT2D eigenvalue weighted by Gasteiger charge is -2.09. The third kappa shape index (κ3) is 2.83. The van der Waals surface area contributed by atoms with Gasteiger partial charge in [0.2, 0.25) is 5.95 Å². The summed E-state index contributed by atoms with van der Waals surface area (Å²) in [5.74, 6) is -1.14. The molecule has 2 aromatic rings. The highest BCUT2D eigenvalue weighted by Gasteiger charge is 2.20. The van der Waals surface area contributed by atoms with E-state index in [2.05, 4.69) is 30.6 Å². The van der Waals surface area contributed by atoms with Crippen LogP contribution in [0.1, 0.15) is 15.9 Å². The number of halogens is 1. The number of nitrogens with one attached hydrogen (secondary N) is 2. The molecule has 9 heteroatoms. The summed E-state index contributed by atoms with van der Waals surface area (Å²) in [5, 5.41) is 9.08. The van der Waals surface area contributed by atoms with Crippen molar-refractivity contribution in [1.29, 1.82) is 0 Å². The van der Waals surface area contributed by atoms with E-state index in [0.29, 0.717) is 10.0 Å². The highest BCUT2D eigenvalue weighted by molar-refractivity contribution is 9.10. The molecule has 0 amide bonds. The van der Waals surface area contributed by atoms with Gasteiger partial charge in [-0.3, -0.25) is 0 Å². The maximum atomic E-state index is 12.2. The third-order valence-corrected chi connectivity index (χ3v) is 4.73.